The lowest BCUT2D eigenvalue weighted by Gasteiger charge is -2.15. The van der Waals surface area contributed by atoms with E-state index in [0.717, 1.165) is 27.9 Å². The Hall–Kier alpha value is -5.30. The molecule has 2 aromatic heterocycles. The monoisotopic (exact) mass is 526 g/mol. The van der Waals surface area contributed by atoms with Crippen LogP contribution in [-0.4, -0.2) is 33.7 Å². The van der Waals surface area contributed by atoms with Crippen molar-refractivity contribution in [2.45, 2.75) is 6.54 Å². The zero-order valence-corrected chi connectivity index (χ0v) is 22.1. The standard InChI is InChI=1S/C33H26N4O3/c1-39-24-17-18-26(31(20-24)40-2)32-36-27-10-4-3-9-25(27)33(38)37(32)19-7-8-22-13-15-23(16-14-22)30-21-34-28-11-5-6-12-29(28)35-30/h3-18,20-21H,19H2,1-2H3/b8-7+. The fraction of sp³-hybridized carbons (Fsp3) is 0.0909. The molecule has 0 spiro atoms. The topological polar surface area (TPSA) is 79.1 Å². The molecule has 0 aliphatic carbocycles. The highest BCUT2D eigenvalue weighted by atomic mass is 16.5. The van der Waals surface area contributed by atoms with Crippen LogP contribution in [0.25, 0.3) is 50.7 Å². The van der Waals surface area contributed by atoms with Crippen molar-refractivity contribution in [1.29, 1.82) is 0 Å². The summed E-state index contributed by atoms with van der Waals surface area (Å²) in [4.78, 5) is 27.7. The van der Waals surface area contributed by atoms with Crippen molar-refractivity contribution < 1.29 is 9.47 Å². The predicted octanol–water partition coefficient (Wildman–Crippen LogP) is 6.40. The lowest BCUT2D eigenvalue weighted by Crippen LogP contribution is -2.23. The second kappa shape index (κ2) is 10.8. The number of benzene rings is 4. The van der Waals surface area contributed by atoms with Gasteiger partial charge in [0.1, 0.15) is 17.3 Å². The van der Waals surface area contributed by atoms with Crippen LogP contribution in [0.1, 0.15) is 5.56 Å². The number of rotatable bonds is 7. The van der Waals surface area contributed by atoms with E-state index < -0.39 is 0 Å². The predicted molar refractivity (Wildman–Crippen MR) is 159 cm³/mol. The summed E-state index contributed by atoms with van der Waals surface area (Å²) in [7, 11) is 3.19. The molecule has 40 heavy (non-hydrogen) atoms. The van der Waals surface area contributed by atoms with Crippen LogP contribution >= 0.6 is 0 Å². The van der Waals surface area contributed by atoms with Gasteiger partial charge in [0.05, 0.1) is 53.6 Å². The Bertz CT molecular complexity index is 1930. The summed E-state index contributed by atoms with van der Waals surface area (Å²) in [6, 6.07) is 28.8. The van der Waals surface area contributed by atoms with E-state index in [1.807, 2.05) is 91.0 Å². The summed E-state index contributed by atoms with van der Waals surface area (Å²) in [6.07, 6.45) is 5.75. The number of aromatic nitrogens is 4. The van der Waals surface area contributed by atoms with Crippen LogP contribution in [0.15, 0.2) is 108 Å². The van der Waals surface area contributed by atoms with E-state index >= 15 is 0 Å². The molecule has 0 aliphatic rings. The Kier molecular flexibility index (Phi) is 6.77. The minimum Gasteiger partial charge on any atom is -0.497 e. The van der Waals surface area contributed by atoms with E-state index in [4.69, 9.17) is 19.4 Å². The Balaban J connectivity index is 1.32. The summed E-state index contributed by atoms with van der Waals surface area (Å²) in [6.45, 7) is 0.332. The quantitative estimate of drug-likeness (QED) is 0.239. The molecule has 0 saturated heterocycles. The highest BCUT2D eigenvalue weighted by Gasteiger charge is 2.16. The molecular weight excluding hydrogens is 500 g/mol. The Morgan fingerprint density at radius 1 is 0.800 bits per heavy atom. The van der Waals surface area contributed by atoms with Gasteiger partial charge in [0.2, 0.25) is 0 Å². The Morgan fingerprint density at radius 2 is 1.55 bits per heavy atom. The number of fused-ring (bicyclic) bond motifs is 2. The average molecular weight is 527 g/mol. The van der Waals surface area contributed by atoms with Crippen molar-refractivity contribution in [3.8, 4) is 34.1 Å². The fourth-order valence-electron chi connectivity index (χ4n) is 4.68. The SMILES string of the molecule is COc1ccc(-c2nc3ccccc3c(=O)n2C/C=C/c2ccc(-c3cnc4ccccc4n3)cc2)c(OC)c1. The molecule has 6 rings (SSSR count). The minimum absolute atomic E-state index is 0.117. The lowest BCUT2D eigenvalue weighted by atomic mass is 10.1. The van der Waals surface area contributed by atoms with Crippen molar-refractivity contribution >= 4 is 28.0 Å². The third-order valence-electron chi connectivity index (χ3n) is 6.76. The number of para-hydroxylation sites is 3. The number of ether oxygens (including phenoxy) is 2. The Morgan fingerprint density at radius 3 is 2.33 bits per heavy atom. The maximum atomic E-state index is 13.6. The molecule has 4 aromatic carbocycles. The first-order valence-corrected chi connectivity index (χ1v) is 12.9. The summed E-state index contributed by atoms with van der Waals surface area (Å²) in [5.41, 5.74) is 5.77. The first-order chi connectivity index (χ1) is 19.6. The molecule has 7 nitrogen and oxygen atoms in total. The fourth-order valence-corrected chi connectivity index (χ4v) is 4.68. The third kappa shape index (κ3) is 4.80. The lowest BCUT2D eigenvalue weighted by molar-refractivity contribution is 0.395. The van der Waals surface area contributed by atoms with Gasteiger partial charge in [-0.1, -0.05) is 60.7 Å². The van der Waals surface area contributed by atoms with Crippen molar-refractivity contribution in [3.63, 3.8) is 0 Å². The molecule has 0 radical (unpaired) electrons. The zero-order valence-electron chi connectivity index (χ0n) is 22.1. The van der Waals surface area contributed by atoms with Gasteiger partial charge in [0, 0.05) is 18.2 Å². The largest absolute Gasteiger partial charge is 0.497 e. The van der Waals surface area contributed by atoms with Crippen LogP contribution in [-0.2, 0) is 6.54 Å². The van der Waals surface area contributed by atoms with E-state index in [0.29, 0.717) is 40.3 Å². The van der Waals surface area contributed by atoms with Crippen molar-refractivity contribution in [2.75, 3.05) is 14.2 Å². The number of methoxy groups -OCH3 is 2. The third-order valence-corrected chi connectivity index (χ3v) is 6.76. The maximum Gasteiger partial charge on any atom is 0.261 e. The number of allylic oxidation sites excluding steroid dienone is 1. The van der Waals surface area contributed by atoms with Gasteiger partial charge in [-0.25, -0.2) is 9.97 Å². The molecule has 0 bridgehead atoms. The molecule has 6 aromatic rings. The van der Waals surface area contributed by atoms with E-state index in [9.17, 15) is 4.79 Å². The molecule has 0 atom stereocenters. The van der Waals surface area contributed by atoms with Crippen LogP contribution < -0.4 is 15.0 Å². The van der Waals surface area contributed by atoms with E-state index in [2.05, 4.69) is 4.98 Å². The van der Waals surface area contributed by atoms with Gasteiger partial charge in [-0.3, -0.25) is 14.3 Å². The van der Waals surface area contributed by atoms with Crippen molar-refractivity contribution in [2.24, 2.45) is 0 Å². The van der Waals surface area contributed by atoms with Crippen LogP contribution in [0, 0.1) is 0 Å². The molecule has 0 unspecified atom stereocenters. The highest BCUT2D eigenvalue weighted by Crippen LogP contribution is 2.32. The second-order valence-electron chi connectivity index (χ2n) is 9.20. The molecule has 196 valence electrons. The van der Waals surface area contributed by atoms with Gasteiger partial charge in [0.15, 0.2) is 0 Å². The highest BCUT2D eigenvalue weighted by molar-refractivity contribution is 5.81. The molecule has 2 heterocycles. The van der Waals surface area contributed by atoms with Gasteiger partial charge in [-0.2, -0.15) is 0 Å². The Labute approximate surface area is 231 Å². The maximum absolute atomic E-state index is 13.6. The van der Waals surface area contributed by atoms with E-state index in [1.54, 1.807) is 37.1 Å². The first-order valence-electron chi connectivity index (χ1n) is 12.9. The van der Waals surface area contributed by atoms with Crippen LogP contribution in [0.2, 0.25) is 0 Å². The van der Waals surface area contributed by atoms with Crippen molar-refractivity contribution in [1.82, 2.24) is 19.5 Å². The van der Waals surface area contributed by atoms with Gasteiger partial charge in [-0.05, 0) is 42.0 Å². The molecule has 7 heteroatoms. The molecular formula is C33H26N4O3. The molecule has 0 amide bonds. The van der Waals surface area contributed by atoms with Gasteiger partial charge in [-0.15, -0.1) is 0 Å². The normalized spacial score (nSPS) is 11.3. The summed E-state index contributed by atoms with van der Waals surface area (Å²) < 4.78 is 12.7. The molecule has 0 fully saturated rings. The smallest absolute Gasteiger partial charge is 0.261 e. The van der Waals surface area contributed by atoms with Crippen molar-refractivity contribution in [3.05, 3.63) is 119 Å². The molecule has 0 saturated carbocycles. The van der Waals surface area contributed by atoms with Crippen LogP contribution in [0.5, 0.6) is 11.5 Å². The van der Waals surface area contributed by atoms with Crippen LogP contribution in [0.4, 0.5) is 0 Å². The minimum atomic E-state index is -0.117. The van der Waals surface area contributed by atoms with E-state index in [1.165, 1.54) is 0 Å². The molecule has 0 N–H and O–H groups in total. The van der Waals surface area contributed by atoms with Crippen LogP contribution in [0.3, 0.4) is 0 Å². The van der Waals surface area contributed by atoms with E-state index in [-0.39, 0.29) is 5.56 Å². The summed E-state index contributed by atoms with van der Waals surface area (Å²) in [5, 5.41) is 0.563. The second-order valence-corrected chi connectivity index (χ2v) is 9.20. The first kappa shape index (κ1) is 25.0. The van der Waals surface area contributed by atoms with Gasteiger partial charge < -0.3 is 9.47 Å². The summed E-state index contributed by atoms with van der Waals surface area (Å²) >= 11 is 0. The number of hydrogen-bond donors (Lipinski definition) is 0. The molecule has 0 aliphatic heterocycles. The van der Waals surface area contributed by atoms with Gasteiger partial charge >= 0.3 is 0 Å². The average Bonchev–Trinajstić information content (AvgIpc) is 3.01. The zero-order chi connectivity index (χ0) is 27.5. The summed E-state index contributed by atoms with van der Waals surface area (Å²) in [5.74, 6) is 1.76. The number of nitrogens with zero attached hydrogens (tertiary/aromatic N) is 4. The van der Waals surface area contributed by atoms with Gasteiger partial charge in [0.25, 0.3) is 5.56 Å². The number of hydrogen-bond acceptors (Lipinski definition) is 6.